The molecule has 3 heterocycles. The van der Waals surface area contributed by atoms with Crippen LogP contribution in [0.4, 0.5) is 5.69 Å². The van der Waals surface area contributed by atoms with Crippen molar-refractivity contribution in [3.63, 3.8) is 0 Å². The standard InChI is InChI=1S/C26H34N4O3S/c1-17-7-8-21(24(31)29-17)22-13-19(25(2,3)4)11-18-12-20(14-27-23(18)22)30-10-9-26(5,16-30)15-28-34(6,32)33/h7-8,11-14,28H,9-10,15-16H2,1-6H3,(H,29,31). The number of rotatable bonds is 5. The van der Waals surface area contributed by atoms with E-state index in [2.05, 4.69) is 60.5 Å². The summed E-state index contributed by atoms with van der Waals surface area (Å²) in [6.07, 6.45) is 3.94. The van der Waals surface area contributed by atoms with E-state index in [0.29, 0.717) is 12.1 Å². The number of sulfonamides is 1. The highest BCUT2D eigenvalue weighted by Gasteiger charge is 2.34. The number of nitrogens with one attached hydrogen (secondary N) is 2. The van der Waals surface area contributed by atoms with Gasteiger partial charge in [0.25, 0.3) is 5.56 Å². The molecular weight excluding hydrogens is 448 g/mol. The van der Waals surface area contributed by atoms with Gasteiger partial charge in [0, 0.05) is 47.3 Å². The molecule has 2 N–H and O–H groups in total. The van der Waals surface area contributed by atoms with Crippen molar-refractivity contribution in [1.29, 1.82) is 0 Å². The van der Waals surface area contributed by atoms with Gasteiger partial charge in [-0.05, 0) is 54.7 Å². The Morgan fingerprint density at radius 3 is 2.56 bits per heavy atom. The molecule has 0 spiro atoms. The minimum Gasteiger partial charge on any atom is -0.370 e. The highest BCUT2D eigenvalue weighted by atomic mass is 32.2. The van der Waals surface area contributed by atoms with E-state index < -0.39 is 10.0 Å². The van der Waals surface area contributed by atoms with Crippen LogP contribution < -0.4 is 15.2 Å². The molecule has 0 aliphatic carbocycles. The summed E-state index contributed by atoms with van der Waals surface area (Å²) in [6.45, 7) is 12.5. The molecule has 3 aromatic rings. The van der Waals surface area contributed by atoms with Gasteiger partial charge in [-0.25, -0.2) is 13.1 Å². The first-order chi connectivity index (χ1) is 15.7. The van der Waals surface area contributed by atoms with Crippen LogP contribution in [0.5, 0.6) is 0 Å². The fraction of sp³-hybridized carbons (Fsp3) is 0.462. The average Bonchev–Trinajstić information content (AvgIpc) is 3.13. The fourth-order valence-electron chi connectivity index (χ4n) is 4.53. The number of H-pyrrole nitrogens is 1. The number of fused-ring (bicyclic) bond motifs is 1. The van der Waals surface area contributed by atoms with Crippen LogP contribution in [-0.4, -0.2) is 44.3 Å². The van der Waals surface area contributed by atoms with Gasteiger partial charge in [0.05, 0.1) is 23.7 Å². The third-order valence-electron chi connectivity index (χ3n) is 6.66. The minimum atomic E-state index is -3.23. The molecule has 4 rings (SSSR count). The van der Waals surface area contributed by atoms with E-state index in [0.717, 1.165) is 52.9 Å². The van der Waals surface area contributed by atoms with Crippen molar-refractivity contribution in [2.45, 2.75) is 46.5 Å². The number of benzene rings is 1. The number of aryl methyl sites for hydroxylation is 1. The van der Waals surface area contributed by atoms with Crippen molar-refractivity contribution in [3.8, 4) is 11.1 Å². The van der Waals surface area contributed by atoms with Crippen molar-refractivity contribution in [2.75, 3.05) is 30.8 Å². The molecule has 1 aromatic carbocycles. The molecule has 1 saturated heterocycles. The van der Waals surface area contributed by atoms with Crippen molar-refractivity contribution in [3.05, 3.63) is 58.1 Å². The molecular formula is C26H34N4O3S. The zero-order valence-corrected chi connectivity index (χ0v) is 21.6. The van der Waals surface area contributed by atoms with Crippen LogP contribution in [0.1, 0.15) is 45.4 Å². The van der Waals surface area contributed by atoms with E-state index >= 15 is 0 Å². The van der Waals surface area contributed by atoms with Crippen LogP contribution in [0.15, 0.2) is 41.3 Å². The Morgan fingerprint density at radius 1 is 1.18 bits per heavy atom. The summed E-state index contributed by atoms with van der Waals surface area (Å²) >= 11 is 0. The molecule has 0 saturated carbocycles. The summed E-state index contributed by atoms with van der Waals surface area (Å²) in [5.74, 6) is 0. The first-order valence-electron chi connectivity index (χ1n) is 11.6. The molecule has 1 aliphatic rings. The van der Waals surface area contributed by atoms with Gasteiger partial charge in [-0.3, -0.25) is 9.78 Å². The molecule has 1 atom stereocenters. The number of aromatic amines is 1. The summed E-state index contributed by atoms with van der Waals surface area (Å²) in [4.78, 5) is 22.8. The molecule has 0 amide bonds. The Balaban J connectivity index is 1.76. The lowest BCUT2D eigenvalue weighted by molar-refractivity contribution is 0.367. The molecule has 1 fully saturated rings. The number of hydrogen-bond acceptors (Lipinski definition) is 5. The van der Waals surface area contributed by atoms with Crippen LogP contribution >= 0.6 is 0 Å². The van der Waals surface area contributed by atoms with Crippen molar-refractivity contribution in [1.82, 2.24) is 14.7 Å². The number of nitrogens with zero attached hydrogens (tertiary/aromatic N) is 2. The molecule has 2 aromatic heterocycles. The first-order valence-corrected chi connectivity index (χ1v) is 13.5. The molecule has 0 bridgehead atoms. The Hall–Kier alpha value is -2.71. The zero-order chi connectivity index (χ0) is 24.9. The third kappa shape index (κ3) is 5.18. The number of pyridine rings is 2. The summed E-state index contributed by atoms with van der Waals surface area (Å²) < 4.78 is 25.8. The van der Waals surface area contributed by atoms with Crippen molar-refractivity contribution < 1.29 is 8.42 Å². The minimum absolute atomic E-state index is 0.0973. The van der Waals surface area contributed by atoms with Gasteiger partial charge in [-0.2, -0.15) is 0 Å². The Kier molecular flexibility index (Phi) is 6.10. The van der Waals surface area contributed by atoms with E-state index in [1.807, 2.05) is 25.3 Å². The van der Waals surface area contributed by atoms with E-state index in [4.69, 9.17) is 4.98 Å². The van der Waals surface area contributed by atoms with E-state index in [1.54, 1.807) is 0 Å². The molecule has 7 nitrogen and oxygen atoms in total. The first kappa shape index (κ1) is 24.4. The summed E-state index contributed by atoms with van der Waals surface area (Å²) in [5.41, 5.74) is 4.84. The summed E-state index contributed by atoms with van der Waals surface area (Å²) in [6, 6.07) is 10.2. The highest BCUT2D eigenvalue weighted by Crippen LogP contribution is 2.37. The maximum atomic E-state index is 12.8. The predicted octanol–water partition coefficient (Wildman–Crippen LogP) is 3.96. The zero-order valence-electron chi connectivity index (χ0n) is 20.8. The molecule has 0 radical (unpaired) electrons. The lowest BCUT2D eigenvalue weighted by Crippen LogP contribution is -2.37. The average molecular weight is 483 g/mol. The highest BCUT2D eigenvalue weighted by molar-refractivity contribution is 7.88. The lowest BCUT2D eigenvalue weighted by atomic mass is 9.84. The third-order valence-corrected chi connectivity index (χ3v) is 7.33. The van der Waals surface area contributed by atoms with Crippen LogP contribution in [-0.2, 0) is 15.4 Å². The molecule has 8 heteroatoms. The maximum absolute atomic E-state index is 12.8. The predicted molar refractivity (Wildman–Crippen MR) is 139 cm³/mol. The van der Waals surface area contributed by atoms with Gasteiger partial charge in [-0.15, -0.1) is 0 Å². The Morgan fingerprint density at radius 2 is 1.91 bits per heavy atom. The smallest absolute Gasteiger partial charge is 0.256 e. The van der Waals surface area contributed by atoms with Gasteiger partial charge in [0.2, 0.25) is 10.0 Å². The fourth-order valence-corrected chi connectivity index (χ4v) is 5.14. The van der Waals surface area contributed by atoms with E-state index in [-0.39, 0.29) is 16.4 Å². The summed E-state index contributed by atoms with van der Waals surface area (Å²) in [5, 5.41) is 0.989. The maximum Gasteiger partial charge on any atom is 0.256 e. The second-order valence-electron chi connectivity index (χ2n) is 11.0. The second kappa shape index (κ2) is 8.50. The topological polar surface area (TPSA) is 95.2 Å². The van der Waals surface area contributed by atoms with Gasteiger partial charge in [-0.1, -0.05) is 27.7 Å². The Labute approximate surface area is 201 Å². The van der Waals surface area contributed by atoms with Crippen LogP contribution in [0.3, 0.4) is 0 Å². The molecule has 1 unspecified atom stereocenters. The van der Waals surface area contributed by atoms with Gasteiger partial charge in [0.15, 0.2) is 0 Å². The number of hydrogen-bond donors (Lipinski definition) is 2. The number of aromatic nitrogens is 2. The van der Waals surface area contributed by atoms with Gasteiger partial charge in [0.1, 0.15) is 0 Å². The monoisotopic (exact) mass is 482 g/mol. The molecule has 1 aliphatic heterocycles. The molecule has 182 valence electrons. The largest absolute Gasteiger partial charge is 0.370 e. The SMILES string of the molecule is Cc1ccc(-c2cc(C(C)(C)C)cc3cc(N4CCC(C)(CNS(C)(=O)=O)C4)cnc23)c(=O)[nH]1. The van der Waals surface area contributed by atoms with Gasteiger partial charge < -0.3 is 9.88 Å². The second-order valence-corrected chi connectivity index (χ2v) is 12.8. The van der Waals surface area contributed by atoms with Crippen molar-refractivity contribution >= 4 is 26.6 Å². The van der Waals surface area contributed by atoms with Crippen LogP contribution in [0, 0.1) is 12.3 Å². The van der Waals surface area contributed by atoms with Gasteiger partial charge >= 0.3 is 0 Å². The van der Waals surface area contributed by atoms with E-state index in [9.17, 15) is 13.2 Å². The number of anilines is 1. The van der Waals surface area contributed by atoms with Crippen LogP contribution in [0.2, 0.25) is 0 Å². The van der Waals surface area contributed by atoms with Crippen molar-refractivity contribution in [2.24, 2.45) is 5.41 Å². The quantitative estimate of drug-likeness (QED) is 0.574. The summed E-state index contributed by atoms with van der Waals surface area (Å²) in [7, 11) is -3.23. The molecule has 34 heavy (non-hydrogen) atoms. The normalized spacial score (nSPS) is 19.2. The Bertz CT molecular complexity index is 1410. The van der Waals surface area contributed by atoms with E-state index in [1.165, 1.54) is 6.26 Å². The lowest BCUT2D eigenvalue weighted by Gasteiger charge is -2.26. The van der Waals surface area contributed by atoms with Crippen LogP contribution in [0.25, 0.3) is 22.0 Å².